The second kappa shape index (κ2) is 5.91. The van der Waals surface area contributed by atoms with Gasteiger partial charge in [0.2, 0.25) is 5.91 Å². The van der Waals surface area contributed by atoms with Crippen LogP contribution in [0, 0.1) is 0 Å². The Balaban J connectivity index is 2.78. The molecule has 1 aromatic carbocycles. The maximum atomic E-state index is 12.1. The van der Waals surface area contributed by atoms with Crippen molar-refractivity contribution in [1.82, 2.24) is 4.90 Å². The van der Waals surface area contributed by atoms with E-state index in [2.05, 4.69) is 0 Å². The fourth-order valence-corrected chi connectivity index (χ4v) is 1.89. The topological polar surface area (TPSA) is 46.3 Å². The van der Waals surface area contributed by atoms with E-state index < -0.39 is 5.54 Å². The highest BCUT2D eigenvalue weighted by molar-refractivity contribution is 6.42. The zero-order valence-electron chi connectivity index (χ0n) is 10.8. The molecule has 2 N–H and O–H groups in total. The first kappa shape index (κ1) is 15.3. The van der Waals surface area contributed by atoms with Crippen LogP contribution >= 0.6 is 23.2 Å². The molecular formula is C13H18Cl2N2O. The highest BCUT2D eigenvalue weighted by Crippen LogP contribution is 2.23. The van der Waals surface area contributed by atoms with E-state index in [0.29, 0.717) is 23.0 Å². The summed E-state index contributed by atoms with van der Waals surface area (Å²) in [7, 11) is 1.73. The van der Waals surface area contributed by atoms with Gasteiger partial charge in [-0.3, -0.25) is 4.79 Å². The molecule has 0 bridgehead atoms. The first-order chi connectivity index (χ1) is 8.27. The molecule has 0 spiro atoms. The van der Waals surface area contributed by atoms with Crippen molar-refractivity contribution in [3.05, 3.63) is 33.8 Å². The lowest BCUT2D eigenvalue weighted by molar-refractivity contribution is -0.135. The molecule has 0 aromatic heterocycles. The van der Waals surface area contributed by atoms with Crippen LogP contribution in [0.5, 0.6) is 0 Å². The van der Waals surface area contributed by atoms with Crippen molar-refractivity contribution in [3.63, 3.8) is 0 Å². The summed E-state index contributed by atoms with van der Waals surface area (Å²) < 4.78 is 0. The molecule has 100 valence electrons. The van der Waals surface area contributed by atoms with E-state index in [-0.39, 0.29) is 5.91 Å². The minimum Gasteiger partial charge on any atom is -0.340 e. The van der Waals surface area contributed by atoms with Crippen LogP contribution in [-0.4, -0.2) is 23.4 Å². The predicted molar refractivity (Wildman–Crippen MR) is 75.8 cm³/mol. The van der Waals surface area contributed by atoms with Gasteiger partial charge in [0.15, 0.2) is 0 Å². The maximum Gasteiger partial charge on any atom is 0.242 e. The Morgan fingerprint density at radius 2 is 2.00 bits per heavy atom. The number of rotatable bonds is 4. The van der Waals surface area contributed by atoms with Crippen molar-refractivity contribution < 1.29 is 4.79 Å². The van der Waals surface area contributed by atoms with Gasteiger partial charge in [-0.05, 0) is 31.0 Å². The van der Waals surface area contributed by atoms with Crippen LogP contribution in [0.3, 0.4) is 0 Å². The molecule has 0 heterocycles. The number of carbonyl (C=O) groups is 1. The third kappa shape index (κ3) is 3.61. The van der Waals surface area contributed by atoms with E-state index in [1.54, 1.807) is 31.0 Å². The summed E-state index contributed by atoms with van der Waals surface area (Å²) >= 11 is 11.8. The molecule has 0 radical (unpaired) electrons. The fraction of sp³-hybridized carbons (Fsp3) is 0.462. The van der Waals surface area contributed by atoms with E-state index in [1.807, 2.05) is 13.0 Å². The Kier molecular flexibility index (Phi) is 5.02. The highest BCUT2D eigenvalue weighted by atomic mass is 35.5. The fourth-order valence-electron chi connectivity index (χ4n) is 1.57. The van der Waals surface area contributed by atoms with Gasteiger partial charge in [0.25, 0.3) is 0 Å². The van der Waals surface area contributed by atoms with Crippen LogP contribution < -0.4 is 5.73 Å². The molecule has 0 saturated carbocycles. The van der Waals surface area contributed by atoms with Gasteiger partial charge in [-0.1, -0.05) is 36.2 Å². The minimum atomic E-state index is -0.828. The third-order valence-electron chi connectivity index (χ3n) is 2.97. The number of amides is 1. The Bertz CT molecular complexity index is 447. The maximum absolute atomic E-state index is 12.1. The van der Waals surface area contributed by atoms with Gasteiger partial charge < -0.3 is 10.6 Å². The van der Waals surface area contributed by atoms with Crippen molar-refractivity contribution in [2.24, 2.45) is 5.73 Å². The summed E-state index contributed by atoms with van der Waals surface area (Å²) in [6, 6.07) is 5.32. The normalized spacial score (nSPS) is 14.1. The molecule has 5 heteroatoms. The Labute approximate surface area is 118 Å². The number of halogens is 2. The summed E-state index contributed by atoms with van der Waals surface area (Å²) in [6.45, 7) is 4.09. The molecule has 0 saturated heterocycles. The van der Waals surface area contributed by atoms with Gasteiger partial charge in [-0.15, -0.1) is 0 Å². The van der Waals surface area contributed by atoms with Crippen molar-refractivity contribution in [2.45, 2.75) is 32.4 Å². The third-order valence-corrected chi connectivity index (χ3v) is 3.71. The lowest BCUT2D eigenvalue weighted by atomic mass is 9.98. The quantitative estimate of drug-likeness (QED) is 0.926. The second-order valence-corrected chi connectivity index (χ2v) is 5.50. The first-order valence-electron chi connectivity index (χ1n) is 5.76. The van der Waals surface area contributed by atoms with Gasteiger partial charge >= 0.3 is 0 Å². The zero-order valence-corrected chi connectivity index (χ0v) is 12.3. The molecule has 3 nitrogen and oxygen atoms in total. The number of hydrogen-bond acceptors (Lipinski definition) is 2. The van der Waals surface area contributed by atoms with Crippen LogP contribution in [0.1, 0.15) is 25.8 Å². The predicted octanol–water partition coefficient (Wildman–Crippen LogP) is 3.08. The largest absolute Gasteiger partial charge is 0.340 e. The van der Waals surface area contributed by atoms with Gasteiger partial charge in [0.1, 0.15) is 0 Å². The number of nitrogens with zero attached hydrogens (tertiary/aromatic N) is 1. The Morgan fingerprint density at radius 3 is 2.50 bits per heavy atom. The second-order valence-electron chi connectivity index (χ2n) is 4.68. The first-order valence-corrected chi connectivity index (χ1v) is 6.52. The monoisotopic (exact) mass is 288 g/mol. The number of nitrogens with two attached hydrogens (primary N) is 1. The molecule has 0 aliphatic heterocycles. The number of hydrogen-bond donors (Lipinski definition) is 1. The SMILES string of the molecule is CCC(C)(N)C(=O)N(C)Cc1ccc(Cl)c(Cl)c1. The minimum absolute atomic E-state index is 0.0870. The number of carbonyl (C=O) groups excluding carboxylic acids is 1. The van der Waals surface area contributed by atoms with Crippen LogP contribution in [0.25, 0.3) is 0 Å². The van der Waals surface area contributed by atoms with Crippen LogP contribution in [0.15, 0.2) is 18.2 Å². The average Bonchev–Trinajstić information content (AvgIpc) is 2.32. The lowest BCUT2D eigenvalue weighted by Crippen LogP contribution is -2.51. The van der Waals surface area contributed by atoms with Crippen molar-refractivity contribution in [2.75, 3.05) is 7.05 Å². The smallest absolute Gasteiger partial charge is 0.242 e. The van der Waals surface area contributed by atoms with Crippen molar-refractivity contribution >= 4 is 29.1 Å². The molecule has 1 aromatic rings. The van der Waals surface area contributed by atoms with Gasteiger partial charge in [0, 0.05) is 13.6 Å². The molecule has 0 aliphatic carbocycles. The van der Waals surface area contributed by atoms with Crippen molar-refractivity contribution in [1.29, 1.82) is 0 Å². The molecule has 1 unspecified atom stereocenters. The summed E-state index contributed by atoms with van der Waals surface area (Å²) in [4.78, 5) is 13.7. The molecule has 1 atom stereocenters. The molecule has 0 fully saturated rings. The van der Waals surface area contributed by atoms with Crippen LogP contribution in [0.4, 0.5) is 0 Å². The van der Waals surface area contributed by atoms with E-state index >= 15 is 0 Å². The zero-order chi connectivity index (χ0) is 13.9. The average molecular weight is 289 g/mol. The summed E-state index contributed by atoms with van der Waals surface area (Å²) in [5, 5.41) is 0.993. The summed E-state index contributed by atoms with van der Waals surface area (Å²) in [5.74, 6) is -0.0870. The van der Waals surface area contributed by atoms with E-state index in [0.717, 1.165) is 5.56 Å². The summed E-state index contributed by atoms with van der Waals surface area (Å²) in [5.41, 5.74) is 6.02. The highest BCUT2D eigenvalue weighted by Gasteiger charge is 2.28. The Hall–Kier alpha value is -0.770. The lowest BCUT2D eigenvalue weighted by Gasteiger charge is -2.28. The van der Waals surface area contributed by atoms with E-state index in [1.165, 1.54) is 0 Å². The molecule has 18 heavy (non-hydrogen) atoms. The van der Waals surface area contributed by atoms with Gasteiger partial charge in [-0.2, -0.15) is 0 Å². The van der Waals surface area contributed by atoms with Crippen molar-refractivity contribution in [3.8, 4) is 0 Å². The molecule has 1 rings (SSSR count). The summed E-state index contributed by atoms with van der Waals surface area (Å²) in [6.07, 6.45) is 0.595. The molecule has 1 amide bonds. The van der Waals surface area contributed by atoms with Gasteiger partial charge in [0.05, 0.1) is 15.6 Å². The number of benzene rings is 1. The van der Waals surface area contributed by atoms with Crippen LogP contribution in [-0.2, 0) is 11.3 Å². The number of likely N-dealkylation sites (N-methyl/N-ethyl adjacent to an activating group) is 1. The standard InChI is InChI=1S/C13H18Cl2N2O/c1-4-13(2,16)12(18)17(3)8-9-5-6-10(14)11(15)7-9/h5-7H,4,8,16H2,1-3H3. The van der Waals surface area contributed by atoms with Gasteiger partial charge in [-0.25, -0.2) is 0 Å². The van der Waals surface area contributed by atoms with Crippen LogP contribution in [0.2, 0.25) is 10.0 Å². The van der Waals surface area contributed by atoms with E-state index in [9.17, 15) is 4.79 Å². The molecular weight excluding hydrogens is 271 g/mol. The van der Waals surface area contributed by atoms with E-state index in [4.69, 9.17) is 28.9 Å². The molecule has 0 aliphatic rings. The Morgan fingerprint density at radius 1 is 1.39 bits per heavy atom.